The summed E-state index contributed by atoms with van der Waals surface area (Å²) < 4.78 is 40.1. The molecule has 0 spiro atoms. The second-order valence-electron chi connectivity index (χ2n) is 5.94. The SMILES string of the molecule is Cc1cn([C@H]2C[C@H](N=[N+]=[N-])[C@@H](COP([O-])(=S)OP(=O)([O-])OP(=O)([O-])O)O2)c(=O)[nH]c1=O. The molecule has 0 saturated carbocycles. The summed E-state index contributed by atoms with van der Waals surface area (Å²) in [5.74, 6) is 0. The molecule has 0 bridgehead atoms. The third-order valence-electron chi connectivity index (χ3n) is 3.66. The van der Waals surface area contributed by atoms with Crippen LogP contribution in [0.3, 0.4) is 0 Å². The Kier molecular flexibility index (Phi) is 8.17. The van der Waals surface area contributed by atoms with E-state index in [1.54, 1.807) is 0 Å². The number of nitrogens with one attached hydrogen (secondary N) is 1. The van der Waals surface area contributed by atoms with Gasteiger partial charge in [0.1, 0.15) is 12.9 Å². The van der Waals surface area contributed by atoms with Crippen molar-refractivity contribution in [2.75, 3.05) is 6.61 Å². The summed E-state index contributed by atoms with van der Waals surface area (Å²) in [5.41, 5.74) is 7.43. The van der Waals surface area contributed by atoms with E-state index in [1.807, 2.05) is 0 Å². The summed E-state index contributed by atoms with van der Waals surface area (Å²) in [5, 5.41) is 3.45. The van der Waals surface area contributed by atoms with Gasteiger partial charge in [-0.2, -0.15) is 0 Å². The minimum absolute atomic E-state index is 0.0842. The fraction of sp³-hybridized carbons (Fsp3) is 0.600. The van der Waals surface area contributed by atoms with Gasteiger partial charge < -0.3 is 28.8 Å². The molecule has 174 valence electrons. The standard InChI is InChI=1S/C10H16N5O12P3S/c1-5-3-15(10(17)12-9(5)16)8-2-6(13-14-11)7(25-8)4-24-30(23,31)27-29(21,22)26-28(18,19)20/h3,6-8H,2,4H2,1H3,(H,21,22)(H,23,31)(H,12,16,17)(H2,18,19,20)/p-3/t6-,7+,8+,30?/m0/s1. The Morgan fingerprint density at radius 1 is 1.42 bits per heavy atom. The molecule has 0 radical (unpaired) electrons. The summed E-state index contributed by atoms with van der Waals surface area (Å²) in [6, 6.07) is -1.00. The molecule has 0 amide bonds. The maximum absolute atomic E-state index is 12.0. The lowest BCUT2D eigenvalue weighted by Crippen LogP contribution is -2.33. The second kappa shape index (κ2) is 9.73. The van der Waals surface area contributed by atoms with Crippen LogP contribution in [0.4, 0.5) is 0 Å². The molecule has 1 aliphatic rings. The van der Waals surface area contributed by atoms with Crippen LogP contribution in [0.2, 0.25) is 0 Å². The van der Waals surface area contributed by atoms with Gasteiger partial charge in [-0.3, -0.25) is 27.8 Å². The van der Waals surface area contributed by atoms with Gasteiger partial charge in [0.15, 0.2) is 0 Å². The molecule has 31 heavy (non-hydrogen) atoms. The van der Waals surface area contributed by atoms with Crippen molar-refractivity contribution in [3.8, 4) is 0 Å². The summed E-state index contributed by atoms with van der Waals surface area (Å²) in [7, 11) is -11.7. The highest BCUT2D eigenvalue weighted by Gasteiger charge is 2.37. The number of aryl methyl sites for hydroxylation is 1. The molecular weight excluding hydrogens is 507 g/mol. The van der Waals surface area contributed by atoms with Crippen LogP contribution in [0.5, 0.6) is 0 Å². The lowest BCUT2D eigenvalue weighted by molar-refractivity contribution is -0.244. The molecule has 3 unspecified atom stereocenters. The van der Waals surface area contributed by atoms with E-state index in [2.05, 4.69) is 40.0 Å². The predicted molar refractivity (Wildman–Crippen MR) is 97.4 cm³/mol. The average Bonchev–Trinajstić information content (AvgIpc) is 2.96. The van der Waals surface area contributed by atoms with Crippen molar-refractivity contribution in [1.29, 1.82) is 0 Å². The molecule has 2 N–H and O–H groups in total. The van der Waals surface area contributed by atoms with Crippen molar-refractivity contribution < 1.29 is 46.6 Å². The number of H-pyrrole nitrogens is 1. The summed E-state index contributed by atoms with van der Waals surface area (Å²) in [6.07, 6.45) is -1.13. The van der Waals surface area contributed by atoms with Crippen LogP contribution >= 0.6 is 22.4 Å². The highest BCUT2D eigenvalue weighted by molar-refractivity contribution is 8.07. The number of phosphoric acid groups is 2. The minimum Gasteiger partial charge on any atom is -0.779 e. The van der Waals surface area contributed by atoms with Gasteiger partial charge in [0.2, 0.25) is 0 Å². The van der Waals surface area contributed by atoms with Gasteiger partial charge in [0.05, 0.1) is 18.8 Å². The van der Waals surface area contributed by atoms with Crippen LogP contribution in [-0.2, 0) is 38.8 Å². The third kappa shape index (κ3) is 7.70. The molecular formula is C10H13N5O12P3S-3. The Morgan fingerprint density at radius 3 is 2.65 bits per heavy atom. The van der Waals surface area contributed by atoms with Gasteiger partial charge >= 0.3 is 5.69 Å². The highest BCUT2D eigenvalue weighted by atomic mass is 32.5. The van der Waals surface area contributed by atoms with E-state index < -0.39 is 58.6 Å². The maximum atomic E-state index is 12.0. The highest BCUT2D eigenvalue weighted by Crippen LogP contribution is 2.61. The first-order valence-corrected chi connectivity index (χ1v) is 13.4. The van der Waals surface area contributed by atoms with E-state index >= 15 is 0 Å². The number of azide groups is 1. The molecule has 2 heterocycles. The smallest absolute Gasteiger partial charge is 0.330 e. The number of ether oxygens (including phenoxy) is 1. The van der Waals surface area contributed by atoms with Crippen molar-refractivity contribution in [2.45, 2.75) is 31.7 Å². The Bertz CT molecular complexity index is 1140. The number of hydrogen-bond donors (Lipinski definition) is 2. The zero-order valence-electron chi connectivity index (χ0n) is 15.2. The first-order valence-electron chi connectivity index (χ1n) is 7.87. The Labute approximate surface area is 177 Å². The zero-order valence-corrected chi connectivity index (χ0v) is 18.7. The van der Waals surface area contributed by atoms with Crippen molar-refractivity contribution in [3.05, 3.63) is 43.0 Å². The van der Waals surface area contributed by atoms with Crippen molar-refractivity contribution in [2.24, 2.45) is 5.11 Å². The molecule has 1 saturated heterocycles. The van der Waals surface area contributed by atoms with Gasteiger partial charge in [0, 0.05) is 23.1 Å². The quantitative estimate of drug-likeness (QED) is 0.161. The molecule has 17 nitrogen and oxygen atoms in total. The van der Waals surface area contributed by atoms with E-state index in [-0.39, 0.29) is 12.0 Å². The maximum Gasteiger partial charge on any atom is 0.330 e. The van der Waals surface area contributed by atoms with Crippen LogP contribution in [0.15, 0.2) is 20.9 Å². The van der Waals surface area contributed by atoms with Crippen molar-refractivity contribution in [1.82, 2.24) is 9.55 Å². The van der Waals surface area contributed by atoms with Gasteiger partial charge in [-0.15, -0.1) is 0 Å². The normalized spacial score (nSPS) is 26.9. The molecule has 21 heteroatoms. The van der Waals surface area contributed by atoms with E-state index in [1.165, 1.54) is 13.1 Å². The third-order valence-corrected chi connectivity index (χ3v) is 8.27. The summed E-state index contributed by atoms with van der Waals surface area (Å²) >= 11 is 4.33. The molecule has 1 aromatic rings. The van der Waals surface area contributed by atoms with Crippen LogP contribution in [0.1, 0.15) is 18.2 Å². The van der Waals surface area contributed by atoms with Gasteiger partial charge in [-0.1, -0.05) is 16.9 Å². The first kappa shape index (κ1) is 26.0. The monoisotopic (exact) mass is 520 g/mol. The number of hydrogen-bond acceptors (Lipinski definition) is 13. The van der Waals surface area contributed by atoms with Gasteiger partial charge in [-0.05, 0) is 12.5 Å². The summed E-state index contributed by atoms with van der Waals surface area (Å²) in [6.45, 7) is -4.28. The predicted octanol–water partition coefficient (Wildman–Crippen LogP) is -1.62. The van der Waals surface area contributed by atoms with Gasteiger partial charge in [0.25, 0.3) is 21.2 Å². The molecule has 0 aromatic carbocycles. The zero-order chi connectivity index (χ0) is 23.6. The van der Waals surface area contributed by atoms with Crippen molar-refractivity contribution >= 4 is 34.2 Å². The molecule has 1 aliphatic heterocycles. The fourth-order valence-corrected chi connectivity index (χ4v) is 6.29. The average molecular weight is 520 g/mol. The van der Waals surface area contributed by atoms with Crippen LogP contribution in [0.25, 0.3) is 10.4 Å². The largest absolute Gasteiger partial charge is 0.779 e. The van der Waals surface area contributed by atoms with Crippen LogP contribution < -0.4 is 25.9 Å². The van der Waals surface area contributed by atoms with E-state index in [4.69, 9.17) is 15.2 Å². The van der Waals surface area contributed by atoms with E-state index in [0.717, 1.165) is 4.57 Å². The lowest BCUT2D eigenvalue weighted by atomic mass is 10.1. The molecule has 1 fully saturated rings. The van der Waals surface area contributed by atoms with Gasteiger partial charge in [-0.25, -0.2) is 9.11 Å². The molecule has 1 aromatic heterocycles. The number of aromatic amines is 1. The number of rotatable bonds is 9. The topological polar surface area (TPSA) is 264 Å². The van der Waals surface area contributed by atoms with Crippen molar-refractivity contribution in [3.63, 3.8) is 0 Å². The minimum atomic E-state index is -5.87. The number of aromatic nitrogens is 2. The van der Waals surface area contributed by atoms with Crippen LogP contribution in [0, 0.1) is 6.92 Å². The molecule has 6 atom stereocenters. The first-order chi connectivity index (χ1) is 14.1. The Hall–Kier alpha value is -1.22. The Morgan fingerprint density at radius 2 is 2.06 bits per heavy atom. The van der Waals surface area contributed by atoms with E-state index in [9.17, 15) is 33.4 Å². The summed E-state index contributed by atoms with van der Waals surface area (Å²) in [4.78, 5) is 70.4. The second-order valence-corrected chi connectivity index (χ2v) is 11.6. The Balaban J connectivity index is 2.14. The van der Waals surface area contributed by atoms with E-state index in [0.29, 0.717) is 0 Å². The number of nitrogens with zero attached hydrogens (tertiary/aromatic N) is 4. The molecule has 2 rings (SSSR count). The molecule has 0 aliphatic carbocycles. The lowest BCUT2D eigenvalue weighted by Gasteiger charge is -2.35. The van der Waals surface area contributed by atoms with Crippen LogP contribution in [-0.4, -0.2) is 33.2 Å². The fourth-order valence-electron chi connectivity index (χ4n) is 2.48.